The van der Waals surface area contributed by atoms with E-state index < -0.39 is 0 Å². The summed E-state index contributed by atoms with van der Waals surface area (Å²) in [6, 6.07) is 21.8. The third-order valence-electron chi connectivity index (χ3n) is 5.39. The number of amides is 1. The van der Waals surface area contributed by atoms with Gasteiger partial charge in [-0.3, -0.25) is 9.69 Å². The summed E-state index contributed by atoms with van der Waals surface area (Å²) < 4.78 is 11.3. The quantitative estimate of drug-likeness (QED) is 0.644. The molecular formula is C24H26N2O3. The molecule has 1 aliphatic rings. The second-order valence-electron chi connectivity index (χ2n) is 7.19. The van der Waals surface area contributed by atoms with E-state index in [0.29, 0.717) is 17.9 Å². The Morgan fingerprint density at radius 2 is 1.69 bits per heavy atom. The largest absolute Gasteiger partial charge is 0.497 e. The molecule has 0 aromatic heterocycles. The number of rotatable bonds is 6. The van der Waals surface area contributed by atoms with Crippen molar-refractivity contribution in [2.45, 2.75) is 0 Å². The zero-order valence-electron chi connectivity index (χ0n) is 16.7. The molecule has 0 saturated carbocycles. The summed E-state index contributed by atoms with van der Waals surface area (Å²) in [5.74, 6) is 1.70. The van der Waals surface area contributed by atoms with Gasteiger partial charge in [0, 0.05) is 43.7 Å². The summed E-state index contributed by atoms with van der Waals surface area (Å²) in [6.07, 6.45) is 0. The van der Waals surface area contributed by atoms with Crippen LogP contribution in [0.2, 0.25) is 0 Å². The van der Waals surface area contributed by atoms with Gasteiger partial charge >= 0.3 is 0 Å². The molecule has 1 saturated heterocycles. The van der Waals surface area contributed by atoms with Crippen molar-refractivity contribution in [3.63, 3.8) is 0 Å². The first kappa shape index (κ1) is 19.3. The minimum absolute atomic E-state index is 0.0653. The molecule has 1 heterocycles. The molecule has 1 fully saturated rings. The lowest BCUT2D eigenvalue weighted by Crippen LogP contribution is -2.49. The molecule has 0 spiro atoms. The zero-order valence-corrected chi connectivity index (χ0v) is 16.7. The van der Waals surface area contributed by atoms with E-state index in [-0.39, 0.29) is 5.91 Å². The Bertz CT molecular complexity index is 975. The standard InChI is InChI=1S/C24H26N2O3/c1-28-21-9-4-8-20(18-21)24(27)26-14-12-25(13-15-26)16-17-29-23-11-5-7-19-6-2-3-10-22(19)23/h2-11,18H,12-17H2,1H3. The van der Waals surface area contributed by atoms with E-state index in [1.165, 1.54) is 5.39 Å². The van der Waals surface area contributed by atoms with Gasteiger partial charge in [-0.05, 0) is 29.7 Å². The first-order valence-corrected chi connectivity index (χ1v) is 10.0. The molecule has 0 bridgehead atoms. The third-order valence-corrected chi connectivity index (χ3v) is 5.39. The Labute approximate surface area is 171 Å². The van der Waals surface area contributed by atoms with Crippen LogP contribution in [0.4, 0.5) is 0 Å². The van der Waals surface area contributed by atoms with Crippen LogP contribution in [0.1, 0.15) is 10.4 Å². The highest BCUT2D eigenvalue weighted by molar-refractivity contribution is 5.94. The molecular weight excluding hydrogens is 364 g/mol. The lowest BCUT2D eigenvalue weighted by Gasteiger charge is -2.34. The SMILES string of the molecule is COc1cccc(C(=O)N2CCN(CCOc3cccc4ccccc34)CC2)c1. The molecule has 4 rings (SSSR count). The summed E-state index contributed by atoms with van der Waals surface area (Å²) in [4.78, 5) is 17.0. The smallest absolute Gasteiger partial charge is 0.254 e. The van der Waals surface area contributed by atoms with Crippen molar-refractivity contribution >= 4 is 16.7 Å². The fraction of sp³-hybridized carbons (Fsp3) is 0.292. The van der Waals surface area contributed by atoms with Gasteiger partial charge in [-0.15, -0.1) is 0 Å². The zero-order chi connectivity index (χ0) is 20.1. The molecule has 0 unspecified atom stereocenters. The van der Waals surface area contributed by atoms with Crippen LogP contribution in [0.25, 0.3) is 10.8 Å². The second-order valence-corrected chi connectivity index (χ2v) is 7.19. The van der Waals surface area contributed by atoms with Crippen molar-refractivity contribution in [3.8, 4) is 11.5 Å². The van der Waals surface area contributed by atoms with Gasteiger partial charge in [0.15, 0.2) is 0 Å². The van der Waals surface area contributed by atoms with Crippen molar-refractivity contribution in [2.75, 3.05) is 46.4 Å². The molecule has 150 valence electrons. The number of ether oxygens (including phenoxy) is 2. The highest BCUT2D eigenvalue weighted by Gasteiger charge is 2.22. The minimum atomic E-state index is 0.0653. The van der Waals surface area contributed by atoms with Gasteiger partial charge in [-0.1, -0.05) is 42.5 Å². The van der Waals surface area contributed by atoms with Gasteiger partial charge in [0.2, 0.25) is 0 Å². The lowest BCUT2D eigenvalue weighted by molar-refractivity contribution is 0.0620. The van der Waals surface area contributed by atoms with Crippen LogP contribution in [0, 0.1) is 0 Å². The number of methoxy groups -OCH3 is 1. The molecule has 0 atom stereocenters. The molecule has 29 heavy (non-hydrogen) atoms. The van der Waals surface area contributed by atoms with Crippen molar-refractivity contribution in [2.24, 2.45) is 0 Å². The highest BCUT2D eigenvalue weighted by Crippen LogP contribution is 2.25. The predicted octanol–water partition coefficient (Wildman–Crippen LogP) is 3.69. The summed E-state index contributed by atoms with van der Waals surface area (Å²) in [5, 5.41) is 2.33. The fourth-order valence-electron chi connectivity index (χ4n) is 3.72. The van der Waals surface area contributed by atoms with Gasteiger partial charge in [0.05, 0.1) is 7.11 Å². The lowest BCUT2D eigenvalue weighted by atomic mass is 10.1. The van der Waals surface area contributed by atoms with Crippen LogP contribution in [0.5, 0.6) is 11.5 Å². The Balaban J connectivity index is 1.27. The number of hydrogen-bond acceptors (Lipinski definition) is 4. The molecule has 0 aliphatic carbocycles. The van der Waals surface area contributed by atoms with Crippen LogP contribution in [0.3, 0.4) is 0 Å². The molecule has 5 nitrogen and oxygen atoms in total. The molecule has 1 aliphatic heterocycles. The van der Waals surface area contributed by atoms with Crippen LogP contribution in [0.15, 0.2) is 66.7 Å². The summed E-state index contributed by atoms with van der Waals surface area (Å²) in [6.45, 7) is 4.65. The third kappa shape index (κ3) is 4.51. The first-order valence-electron chi connectivity index (χ1n) is 10.0. The van der Waals surface area contributed by atoms with Gasteiger partial charge in [0.1, 0.15) is 18.1 Å². The number of benzene rings is 3. The Morgan fingerprint density at radius 3 is 2.52 bits per heavy atom. The van der Waals surface area contributed by atoms with E-state index in [2.05, 4.69) is 23.1 Å². The summed E-state index contributed by atoms with van der Waals surface area (Å²) >= 11 is 0. The number of carbonyl (C=O) groups excluding carboxylic acids is 1. The van der Waals surface area contributed by atoms with E-state index in [1.807, 2.05) is 47.4 Å². The topological polar surface area (TPSA) is 42.0 Å². The highest BCUT2D eigenvalue weighted by atomic mass is 16.5. The predicted molar refractivity (Wildman–Crippen MR) is 115 cm³/mol. The number of hydrogen-bond donors (Lipinski definition) is 0. The van der Waals surface area contributed by atoms with E-state index in [9.17, 15) is 4.79 Å². The van der Waals surface area contributed by atoms with E-state index >= 15 is 0 Å². The maximum Gasteiger partial charge on any atom is 0.254 e. The average molecular weight is 390 g/mol. The van der Waals surface area contributed by atoms with E-state index in [0.717, 1.165) is 43.9 Å². The van der Waals surface area contributed by atoms with E-state index in [4.69, 9.17) is 9.47 Å². The molecule has 0 N–H and O–H groups in total. The molecule has 1 amide bonds. The van der Waals surface area contributed by atoms with Gasteiger partial charge in [-0.25, -0.2) is 0 Å². The number of piperazine rings is 1. The maximum atomic E-state index is 12.7. The van der Waals surface area contributed by atoms with Crippen molar-refractivity contribution < 1.29 is 14.3 Å². The van der Waals surface area contributed by atoms with Crippen LogP contribution in [-0.2, 0) is 0 Å². The summed E-state index contributed by atoms with van der Waals surface area (Å²) in [7, 11) is 1.61. The van der Waals surface area contributed by atoms with Gasteiger partial charge in [-0.2, -0.15) is 0 Å². The number of fused-ring (bicyclic) bond motifs is 1. The second kappa shape index (κ2) is 8.97. The van der Waals surface area contributed by atoms with Crippen LogP contribution >= 0.6 is 0 Å². The summed E-state index contributed by atoms with van der Waals surface area (Å²) in [5.41, 5.74) is 0.678. The van der Waals surface area contributed by atoms with Crippen molar-refractivity contribution in [1.29, 1.82) is 0 Å². The monoisotopic (exact) mass is 390 g/mol. The Hall–Kier alpha value is -3.05. The van der Waals surface area contributed by atoms with Crippen molar-refractivity contribution in [3.05, 3.63) is 72.3 Å². The number of nitrogens with zero attached hydrogens (tertiary/aromatic N) is 2. The normalized spacial score (nSPS) is 14.7. The molecule has 0 radical (unpaired) electrons. The maximum absolute atomic E-state index is 12.7. The average Bonchev–Trinajstić information content (AvgIpc) is 2.79. The van der Waals surface area contributed by atoms with Gasteiger partial charge in [0.25, 0.3) is 5.91 Å². The minimum Gasteiger partial charge on any atom is -0.497 e. The molecule has 3 aromatic carbocycles. The van der Waals surface area contributed by atoms with E-state index in [1.54, 1.807) is 13.2 Å². The Morgan fingerprint density at radius 1 is 0.931 bits per heavy atom. The first-order chi connectivity index (χ1) is 14.2. The van der Waals surface area contributed by atoms with Crippen molar-refractivity contribution in [1.82, 2.24) is 9.80 Å². The molecule has 5 heteroatoms. The Kier molecular flexibility index (Phi) is 5.96. The van der Waals surface area contributed by atoms with Gasteiger partial charge < -0.3 is 14.4 Å². The fourth-order valence-corrected chi connectivity index (χ4v) is 3.72. The molecule has 3 aromatic rings. The number of carbonyl (C=O) groups is 1. The van der Waals surface area contributed by atoms with Crippen LogP contribution in [-0.4, -0.2) is 62.1 Å². The van der Waals surface area contributed by atoms with Crippen LogP contribution < -0.4 is 9.47 Å².